The van der Waals surface area contributed by atoms with E-state index in [0.717, 1.165) is 31.6 Å². The lowest BCUT2D eigenvalue weighted by atomic mass is 10.0. The Bertz CT molecular complexity index is 281. The molecule has 0 aromatic carbocycles. The molecule has 0 aliphatic heterocycles. The van der Waals surface area contributed by atoms with Crippen LogP contribution in [-0.4, -0.2) is 21.4 Å². The monoisotopic (exact) mass is 198 g/mol. The molecule has 6 nitrogen and oxygen atoms in total. The van der Waals surface area contributed by atoms with Gasteiger partial charge in [-0.15, -0.1) is 10.2 Å². The third-order valence-electron chi connectivity index (χ3n) is 2.31. The van der Waals surface area contributed by atoms with Gasteiger partial charge in [0, 0.05) is 6.42 Å². The van der Waals surface area contributed by atoms with E-state index in [0.29, 0.717) is 5.92 Å². The molecular weight excluding hydrogens is 180 g/mol. The number of nitrogen functional groups attached to an aromatic ring is 2. The molecule has 80 valence electrons. The summed E-state index contributed by atoms with van der Waals surface area (Å²) in [6.45, 7) is 2.88. The van der Waals surface area contributed by atoms with Crippen LogP contribution in [0.25, 0.3) is 0 Å². The van der Waals surface area contributed by atoms with Crippen molar-refractivity contribution in [2.24, 2.45) is 11.7 Å². The maximum atomic E-state index is 5.60. The number of hydrogen-bond donors (Lipinski definition) is 3. The second-order valence-electron chi connectivity index (χ2n) is 3.57. The Morgan fingerprint density at radius 3 is 2.57 bits per heavy atom. The van der Waals surface area contributed by atoms with Crippen molar-refractivity contribution < 1.29 is 0 Å². The number of hydrogen-bond acceptors (Lipinski definition) is 5. The summed E-state index contributed by atoms with van der Waals surface area (Å²) in [7, 11) is 0. The minimum Gasteiger partial charge on any atom is -0.366 e. The first-order chi connectivity index (χ1) is 6.65. The second-order valence-corrected chi connectivity index (χ2v) is 3.57. The molecule has 0 bridgehead atoms. The largest absolute Gasteiger partial charge is 0.366 e. The Morgan fingerprint density at radius 1 is 1.36 bits per heavy atom. The zero-order valence-electron chi connectivity index (χ0n) is 8.48. The predicted molar refractivity (Wildman–Crippen MR) is 55.7 cm³/mol. The molecule has 0 saturated carbocycles. The summed E-state index contributed by atoms with van der Waals surface area (Å²) < 4.78 is 1.33. The molecule has 1 heterocycles. The molecule has 0 amide bonds. The molecule has 0 aliphatic carbocycles. The number of aryl methyl sites for hydroxylation is 1. The second kappa shape index (κ2) is 4.80. The highest BCUT2D eigenvalue weighted by Crippen LogP contribution is 2.10. The minimum absolute atomic E-state index is 0.256. The summed E-state index contributed by atoms with van der Waals surface area (Å²) in [6, 6.07) is 0. The van der Waals surface area contributed by atoms with Crippen LogP contribution in [-0.2, 0) is 6.42 Å². The Balaban J connectivity index is 2.41. The van der Waals surface area contributed by atoms with E-state index in [1.807, 2.05) is 0 Å². The van der Waals surface area contributed by atoms with Crippen molar-refractivity contribution in [1.82, 2.24) is 14.9 Å². The average Bonchev–Trinajstić information content (AvgIpc) is 2.46. The van der Waals surface area contributed by atoms with Gasteiger partial charge in [0.05, 0.1) is 0 Å². The molecule has 14 heavy (non-hydrogen) atoms. The van der Waals surface area contributed by atoms with Gasteiger partial charge in [-0.25, -0.2) is 4.68 Å². The van der Waals surface area contributed by atoms with Gasteiger partial charge in [-0.2, -0.15) is 0 Å². The van der Waals surface area contributed by atoms with Crippen molar-refractivity contribution in [2.45, 2.75) is 26.2 Å². The average molecular weight is 198 g/mol. The summed E-state index contributed by atoms with van der Waals surface area (Å²) in [4.78, 5) is 0. The summed E-state index contributed by atoms with van der Waals surface area (Å²) >= 11 is 0. The van der Waals surface area contributed by atoms with E-state index < -0.39 is 0 Å². The van der Waals surface area contributed by atoms with Gasteiger partial charge >= 0.3 is 0 Å². The summed E-state index contributed by atoms with van der Waals surface area (Å²) in [5.41, 5.74) is 10.9. The van der Waals surface area contributed by atoms with E-state index in [9.17, 15) is 0 Å². The van der Waals surface area contributed by atoms with Crippen molar-refractivity contribution in [2.75, 3.05) is 18.1 Å². The van der Waals surface area contributed by atoms with Gasteiger partial charge in [-0.1, -0.05) is 6.92 Å². The number of anilines is 1. The van der Waals surface area contributed by atoms with E-state index in [1.165, 1.54) is 4.68 Å². The van der Waals surface area contributed by atoms with Gasteiger partial charge in [0.1, 0.15) is 0 Å². The Kier molecular flexibility index (Phi) is 3.70. The van der Waals surface area contributed by atoms with Gasteiger partial charge in [-0.3, -0.25) is 0 Å². The zero-order valence-corrected chi connectivity index (χ0v) is 8.48. The van der Waals surface area contributed by atoms with Crippen LogP contribution in [0.4, 0.5) is 5.95 Å². The van der Waals surface area contributed by atoms with Crippen molar-refractivity contribution in [1.29, 1.82) is 0 Å². The number of aromatic nitrogens is 3. The van der Waals surface area contributed by atoms with Gasteiger partial charge in [0.25, 0.3) is 0 Å². The number of rotatable bonds is 5. The van der Waals surface area contributed by atoms with Crippen LogP contribution >= 0.6 is 0 Å². The van der Waals surface area contributed by atoms with E-state index >= 15 is 0 Å². The van der Waals surface area contributed by atoms with Crippen molar-refractivity contribution in [3.63, 3.8) is 0 Å². The maximum absolute atomic E-state index is 5.60. The molecule has 6 heteroatoms. The third-order valence-corrected chi connectivity index (χ3v) is 2.31. The lowest BCUT2D eigenvalue weighted by Gasteiger charge is -2.08. The van der Waals surface area contributed by atoms with E-state index in [1.54, 1.807) is 0 Å². The first kappa shape index (κ1) is 10.8. The Hall–Kier alpha value is -1.30. The third kappa shape index (κ3) is 2.59. The van der Waals surface area contributed by atoms with Crippen LogP contribution in [0.2, 0.25) is 0 Å². The molecule has 1 rings (SSSR count). The highest BCUT2D eigenvalue weighted by atomic mass is 15.4. The molecule has 1 aromatic rings. The lowest BCUT2D eigenvalue weighted by Crippen LogP contribution is -2.16. The molecule has 6 N–H and O–H groups in total. The first-order valence-electron chi connectivity index (χ1n) is 4.80. The topological polar surface area (TPSA) is 109 Å². The molecule has 0 spiro atoms. The minimum atomic E-state index is 0.256. The smallest absolute Gasteiger partial charge is 0.240 e. The fourth-order valence-corrected chi connectivity index (χ4v) is 1.31. The van der Waals surface area contributed by atoms with Crippen molar-refractivity contribution in [3.8, 4) is 0 Å². The number of nitrogens with two attached hydrogens (primary N) is 3. The van der Waals surface area contributed by atoms with Gasteiger partial charge in [0.15, 0.2) is 5.82 Å². The standard InChI is InChI=1S/C8H18N6/c1-6(4-5-9)2-3-7-12-13-8(10)14(7)11/h6H,2-5,9,11H2,1H3,(H2,10,13). The molecule has 0 aliphatic rings. The zero-order chi connectivity index (χ0) is 10.6. The van der Waals surface area contributed by atoms with Crippen LogP contribution in [0.5, 0.6) is 0 Å². The summed E-state index contributed by atoms with van der Waals surface area (Å²) in [6.07, 6.45) is 2.82. The highest BCUT2D eigenvalue weighted by molar-refractivity contribution is 5.16. The van der Waals surface area contributed by atoms with Crippen LogP contribution in [0.15, 0.2) is 0 Å². The van der Waals surface area contributed by atoms with Crippen LogP contribution in [0.1, 0.15) is 25.6 Å². The predicted octanol–water partition coefficient (Wildman–Crippen LogP) is -0.508. The Labute approximate surface area is 83.4 Å². The molecule has 0 radical (unpaired) electrons. The van der Waals surface area contributed by atoms with Crippen LogP contribution < -0.4 is 17.3 Å². The van der Waals surface area contributed by atoms with E-state index in [4.69, 9.17) is 17.3 Å². The van der Waals surface area contributed by atoms with Crippen molar-refractivity contribution in [3.05, 3.63) is 5.82 Å². The summed E-state index contributed by atoms with van der Waals surface area (Å²) in [5, 5.41) is 7.56. The van der Waals surface area contributed by atoms with E-state index in [2.05, 4.69) is 17.1 Å². The molecule has 1 aromatic heterocycles. The lowest BCUT2D eigenvalue weighted by molar-refractivity contribution is 0.490. The molecule has 1 unspecified atom stereocenters. The molecule has 0 saturated heterocycles. The Morgan fingerprint density at radius 2 is 2.07 bits per heavy atom. The molecular formula is C8H18N6. The van der Waals surface area contributed by atoms with Gasteiger partial charge in [-0.05, 0) is 25.3 Å². The van der Waals surface area contributed by atoms with Gasteiger partial charge in [0.2, 0.25) is 5.95 Å². The van der Waals surface area contributed by atoms with E-state index in [-0.39, 0.29) is 5.95 Å². The SMILES string of the molecule is CC(CCN)CCc1nnc(N)n1N. The first-order valence-corrected chi connectivity index (χ1v) is 4.80. The maximum Gasteiger partial charge on any atom is 0.240 e. The van der Waals surface area contributed by atoms with Crippen LogP contribution in [0.3, 0.4) is 0 Å². The summed E-state index contributed by atoms with van der Waals surface area (Å²) in [5.74, 6) is 7.17. The molecule has 1 atom stereocenters. The van der Waals surface area contributed by atoms with Crippen LogP contribution in [0, 0.1) is 5.92 Å². The van der Waals surface area contributed by atoms with Crippen molar-refractivity contribution >= 4 is 5.95 Å². The fourth-order valence-electron chi connectivity index (χ4n) is 1.31. The highest BCUT2D eigenvalue weighted by Gasteiger charge is 2.08. The normalized spacial score (nSPS) is 13.0. The quantitative estimate of drug-likeness (QED) is 0.552. The fraction of sp³-hybridized carbons (Fsp3) is 0.750. The number of nitrogens with zero attached hydrogens (tertiary/aromatic N) is 3. The molecule has 0 fully saturated rings. The van der Waals surface area contributed by atoms with Gasteiger partial charge < -0.3 is 17.3 Å².